The summed E-state index contributed by atoms with van der Waals surface area (Å²) in [5.41, 5.74) is 3.14. The smallest absolute Gasteiger partial charge is 0.319 e. The molecule has 0 aromatic heterocycles. The topological polar surface area (TPSA) is 62.8 Å². The van der Waals surface area contributed by atoms with Crippen LogP contribution in [-0.4, -0.2) is 38.4 Å². The van der Waals surface area contributed by atoms with Gasteiger partial charge in [-0.05, 0) is 43.5 Å². The summed E-state index contributed by atoms with van der Waals surface area (Å²) in [6.45, 7) is 5.08. The van der Waals surface area contributed by atoms with E-state index in [0.29, 0.717) is 18.8 Å². The Hall–Kier alpha value is -2.80. The van der Waals surface area contributed by atoms with Crippen molar-refractivity contribution in [1.29, 1.82) is 0 Å². The predicted octanol–water partition coefficient (Wildman–Crippen LogP) is 3.83. The van der Waals surface area contributed by atoms with Gasteiger partial charge in [0.05, 0.1) is 19.3 Å². The minimum absolute atomic E-state index is 0.0851. The second-order valence-electron chi connectivity index (χ2n) is 7.45. The largest absolute Gasteiger partial charge is 0.487 e. The number of ether oxygens (including phenoxy) is 2. The van der Waals surface area contributed by atoms with Crippen LogP contribution >= 0.6 is 0 Å². The van der Waals surface area contributed by atoms with E-state index < -0.39 is 5.82 Å². The third-order valence-electron chi connectivity index (χ3n) is 5.15. The van der Waals surface area contributed by atoms with Gasteiger partial charge in [-0.25, -0.2) is 9.18 Å². The standard InChI is InChI=1S/C22H26FN3O3/c1-15-5-6-17(26-9-11-28-12-10-26)13-19(15)25-22(27)24-14-16-3-2-4-20(21(16)23)29-18-7-8-18/h2-6,13,18H,7-12,14H2,1H3,(H2,24,25,27). The lowest BCUT2D eigenvalue weighted by Crippen LogP contribution is -2.36. The van der Waals surface area contributed by atoms with E-state index in [-0.39, 0.29) is 24.4 Å². The Morgan fingerprint density at radius 3 is 2.79 bits per heavy atom. The summed E-state index contributed by atoms with van der Waals surface area (Å²) in [6.07, 6.45) is 2.05. The quantitative estimate of drug-likeness (QED) is 0.775. The SMILES string of the molecule is Cc1ccc(N2CCOCC2)cc1NC(=O)NCc1cccc(OC2CC2)c1F. The monoisotopic (exact) mass is 399 g/mol. The van der Waals surface area contributed by atoms with Gasteiger partial charge in [-0.3, -0.25) is 0 Å². The molecule has 154 valence electrons. The van der Waals surface area contributed by atoms with Crippen LogP contribution in [-0.2, 0) is 11.3 Å². The van der Waals surface area contributed by atoms with E-state index >= 15 is 0 Å². The van der Waals surface area contributed by atoms with Crippen molar-refractivity contribution in [3.63, 3.8) is 0 Å². The van der Waals surface area contributed by atoms with Gasteiger partial charge in [-0.15, -0.1) is 0 Å². The molecule has 6 nitrogen and oxygen atoms in total. The van der Waals surface area contributed by atoms with Crippen molar-refractivity contribution in [1.82, 2.24) is 5.32 Å². The van der Waals surface area contributed by atoms with Crippen molar-refractivity contribution in [2.75, 3.05) is 36.5 Å². The zero-order chi connectivity index (χ0) is 20.2. The number of nitrogens with zero attached hydrogens (tertiary/aromatic N) is 1. The van der Waals surface area contributed by atoms with E-state index in [0.717, 1.165) is 42.9 Å². The van der Waals surface area contributed by atoms with Crippen LogP contribution in [0.25, 0.3) is 0 Å². The summed E-state index contributed by atoms with van der Waals surface area (Å²) in [5, 5.41) is 5.61. The van der Waals surface area contributed by atoms with Gasteiger partial charge in [0.2, 0.25) is 0 Å². The first-order valence-corrected chi connectivity index (χ1v) is 10.0. The van der Waals surface area contributed by atoms with E-state index in [1.807, 2.05) is 25.1 Å². The van der Waals surface area contributed by atoms with Gasteiger partial charge in [-0.2, -0.15) is 0 Å². The number of nitrogens with one attached hydrogen (secondary N) is 2. The van der Waals surface area contributed by atoms with Crippen LogP contribution in [0.4, 0.5) is 20.6 Å². The molecule has 1 aliphatic carbocycles. The molecule has 2 aromatic carbocycles. The Kier molecular flexibility index (Phi) is 5.85. The lowest BCUT2D eigenvalue weighted by atomic mass is 10.1. The van der Waals surface area contributed by atoms with E-state index in [4.69, 9.17) is 9.47 Å². The second-order valence-corrected chi connectivity index (χ2v) is 7.45. The summed E-state index contributed by atoms with van der Waals surface area (Å²) in [6, 6.07) is 10.6. The Bertz CT molecular complexity index is 880. The maximum Gasteiger partial charge on any atom is 0.319 e. The third kappa shape index (κ3) is 4.98. The second kappa shape index (κ2) is 8.69. The number of amides is 2. The molecule has 4 rings (SSSR count). The fourth-order valence-corrected chi connectivity index (χ4v) is 3.25. The molecular formula is C22H26FN3O3. The van der Waals surface area contributed by atoms with E-state index in [1.165, 1.54) is 0 Å². The number of anilines is 2. The number of morpholine rings is 1. The molecule has 2 aliphatic rings. The molecule has 2 fully saturated rings. The number of halogens is 1. The zero-order valence-corrected chi connectivity index (χ0v) is 16.5. The zero-order valence-electron chi connectivity index (χ0n) is 16.5. The number of carbonyl (C=O) groups is 1. The van der Waals surface area contributed by atoms with Crippen molar-refractivity contribution >= 4 is 17.4 Å². The minimum atomic E-state index is -0.412. The van der Waals surface area contributed by atoms with Gasteiger partial charge < -0.3 is 25.0 Å². The van der Waals surface area contributed by atoms with Gasteiger partial charge in [0, 0.05) is 36.6 Å². The number of hydrogen-bond donors (Lipinski definition) is 2. The van der Waals surface area contributed by atoms with Gasteiger partial charge in [0.15, 0.2) is 11.6 Å². The molecule has 0 atom stereocenters. The van der Waals surface area contributed by atoms with Crippen LogP contribution < -0.4 is 20.3 Å². The first kappa shape index (κ1) is 19.5. The number of urea groups is 1. The van der Waals surface area contributed by atoms with Gasteiger partial charge in [-0.1, -0.05) is 18.2 Å². The highest BCUT2D eigenvalue weighted by atomic mass is 19.1. The molecular weight excluding hydrogens is 373 g/mol. The number of rotatable bonds is 6. The minimum Gasteiger partial charge on any atom is -0.487 e. The average molecular weight is 399 g/mol. The Morgan fingerprint density at radius 1 is 1.24 bits per heavy atom. The van der Waals surface area contributed by atoms with Gasteiger partial charge in [0.1, 0.15) is 0 Å². The van der Waals surface area contributed by atoms with Crippen LogP contribution in [0, 0.1) is 12.7 Å². The van der Waals surface area contributed by atoms with E-state index in [9.17, 15) is 9.18 Å². The highest BCUT2D eigenvalue weighted by Crippen LogP contribution is 2.29. The van der Waals surface area contributed by atoms with Crippen molar-refractivity contribution in [2.24, 2.45) is 0 Å². The van der Waals surface area contributed by atoms with Gasteiger partial charge >= 0.3 is 6.03 Å². The Morgan fingerprint density at radius 2 is 2.03 bits per heavy atom. The maximum absolute atomic E-state index is 14.5. The number of benzene rings is 2. The first-order valence-electron chi connectivity index (χ1n) is 10.0. The van der Waals surface area contributed by atoms with Crippen LogP contribution in [0.3, 0.4) is 0 Å². The average Bonchev–Trinajstić information content (AvgIpc) is 3.55. The molecule has 1 saturated carbocycles. The first-order chi connectivity index (χ1) is 14.1. The Balaban J connectivity index is 1.37. The molecule has 2 amide bonds. The fraction of sp³-hybridized carbons (Fsp3) is 0.409. The maximum atomic E-state index is 14.5. The fourth-order valence-electron chi connectivity index (χ4n) is 3.25. The summed E-state index contributed by atoms with van der Waals surface area (Å²) >= 11 is 0. The van der Waals surface area contributed by atoms with E-state index in [2.05, 4.69) is 15.5 Å². The molecule has 29 heavy (non-hydrogen) atoms. The van der Waals surface area contributed by atoms with Gasteiger partial charge in [0.25, 0.3) is 0 Å². The molecule has 7 heteroatoms. The summed E-state index contributed by atoms with van der Waals surface area (Å²) in [4.78, 5) is 14.6. The van der Waals surface area contributed by atoms with Crippen molar-refractivity contribution in [3.05, 3.63) is 53.3 Å². The molecule has 1 heterocycles. The van der Waals surface area contributed by atoms with Crippen LogP contribution in [0.5, 0.6) is 5.75 Å². The molecule has 2 N–H and O–H groups in total. The highest BCUT2D eigenvalue weighted by molar-refractivity contribution is 5.90. The molecule has 0 radical (unpaired) electrons. The summed E-state index contributed by atoms with van der Waals surface area (Å²) in [5.74, 6) is -0.161. The Labute approximate surface area is 170 Å². The van der Waals surface area contributed by atoms with Crippen LogP contribution in [0.1, 0.15) is 24.0 Å². The number of hydrogen-bond acceptors (Lipinski definition) is 4. The lowest BCUT2D eigenvalue weighted by Gasteiger charge is -2.29. The third-order valence-corrected chi connectivity index (χ3v) is 5.15. The lowest BCUT2D eigenvalue weighted by molar-refractivity contribution is 0.122. The van der Waals surface area contributed by atoms with E-state index in [1.54, 1.807) is 18.2 Å². The predicted molar refractivity (Wildman–Crippen MR) is 110 cm³/mol. The number of carbonyl (C=O) groups excluding carboxylic acids is 1. The summed E-state index contributed by atoms with van der Waals surface area (Å²) < 4.78 is 25.5. The molecule has 0 unspecified atom stereocenters. The van der Waals surface area contributed by atoms with Crippen molar-refractivity contribution in [3.8, 4) is 5.75 Å². The molecule has 1 aliphatic heterocycles. The summed E-state index contributed by atoms with van der Waals surface area (Å²) in [7, 11) is 0. The highest BCUT2D eigenvalue weighted by Gasteiger charge is 2.25. The molecule has 0 spiro atoms. The van der Waals surface area contributed by atoms with Crippen LogP contribution in [0.15, 0.2) is 36.4 Å². The number of aryl methyl sites for hydroxylation is 1. The molecule has 2 aromatic rings. The molecule has 0 bridgehead atoms. The van der Waals surface area contributed by atoms with Crippen molar-refractivity contribution in [2.45, 2.75) is 32.4 Å². The normalized spacial score (nSPS) is 16.4. The molecule has 1 saturated heterocycles. The van der Waals surface area contributed by atoms with Crippen molar-refractivity contribution < 1.29 is 18.7 Å². The van der Waals surface area contributed by atoms with Crippen LogP contribution in [0.2, 0.25) is 0 Å².